The van der Waals surface area contributed by atoms with Crippen molar-refractivity contribution in [2.45, 2.75) is 43.4 Å². The van der Waals surface area contributed by atoms with Gasteiger partial charge in [-0.15, -0.1) is 11.3 Å². The van der Waals surface area contributed by atoms with Crippen molar-refractivity contribution in [1.82, 2.24) is 0 Å². The van der Waals surface area contributed by atoms with E-state index < -0.39 is 0 Å². The van der Waals surface area contributed by atoms with Crippen LogP contribution in [0.1, 0.15) is 48.9 Å². The summed E-state index contributed by atoms with van der Waals surface area (Å²) in [6, 6.07) is 2.23. The van der Waals surface area contributed by atoms with Crippen molar-refractivity contribution in [2.75, 3.05) is 0 Å². The summed E-state index contributed by atoms with van der Waals surface area (Å²) in [4.78, 5) is 0.507. The lowest BCUT2D eigenvalue weighted by Gasteiger charge is -2.23. The Morgan fingerprint density at radius 3 is 2.50 bits per heavy atom. The Bertz CT molecular complexity index is 342. The van der Waals surface area contributed by atoms with Crippen LogP contribution in [0.15, 0.2) is 13.6 Å². The van der Waals surface area contributed by atoms with Crippen LogP contribution in [0.25, 0.3) is 0 Å². The van der Waals surface area contributed by atoms with Gasteiger partial charge in [-0.25, -0.2) is 0 Å². The second-order valence-electron chi connectivity index (χ2n) is 4.49. The van der Waals surface area contributed by atoms with Crippen molar-refractivity contribution in [3.63, 3.8) is 0 Å². The third kappa shape index (κ3) is 3.56. The smallest absolute Gasteiger partial charge is 0.0753 e. The highest BCUT2D eigenvalue weighted by atomic mass is 79.9. The minimum Gasteiger partial charge on any atom is -0.121 e. The molecule has 0 nitrogen and oxygen atoms in total. The second kappa shape index (κ2) is 6.35. The van der Waals surface area contributed by atoms with Crippen LogP contribution in [0.2, 0.25) is 0 Å². The summed E-state index contributed by atoms with van der Waals surface area (Å²) in [5.41, 5.74) is 1.41. The van der Waals surface area contributed by atoms with E-state index in [-0.39, 0.29) is 0 Å². The zero-order valence-corrected chi connectivity index (χ0v) is 14.6. The molecule has 16 heavy (non-hydrogen) atoms. The predicted molar refractivity (Wildman–Crippen MR) is 82.6 cm³/mol. The molecule has 1 fully saturated rings. The van der Waals surface area contributed by atoms with Crippen LogP contribution in [-0.4, -0.2) is 0 Å². The molecule has 1 unspecified atom stereocenters. The van der Waals surface area contributed by atoms with Gasteiger partial charge in [0.2, 0.25) is 0 Å². The summed E-state index contributed by atoms with van der Waals surface area (Å²) in [5.74, 6) is 0.920. The molecular formula is C12H15Br3S. The molecule has 1 aromatic rings. The zero-order chi connectivity index (χ0) is 11.5. The van der Waals surface area contributed by atoms with Gasteiger partial charge in [-0.2, -0.15) is 0 Å². The van der Waals surface area contributed by atoms with Crippen LogP contribution >= 0.6 is 59.1 Å². The molecule has 1 saturated carbocycles. The summed E-state index contributed by atoms with van der Waals surface area (Å²) in [7, 11) is 0. The van der Waals surface area contributed by atoms with Crippen molar-refractivity contribution >= 4 is 59.1 Å². The maximum atomic E-state index is 3.84. The van der Waals surface area contributed by atoms with E-state index in [1.54, 1.807) is 11.3 Å². The number of halogens is 3. The van der Waals surface area contributed by atoms with Crippen molar-refractivity contribution in [3.8, 4) is 0 Å². The average Bonchev–Trinajstić information content (AvgIpc) is 2.59. The molecule has 1 aliphatic rings. The van der Waals surface area contributed by atoms with Crippen molar-refractivity contribution < 1.29 is 0 Å². The Kier molecular flexibility index (Phi) is 5.38. The number of hydrogen-bond acceptors (Lipinski definition) is 1. The number of thiophene rings is 1. The Hall–Kier alpha value is 1.14. The van der Waals surface area contributed by atoms with E-state index in [0.29, 0.717) is 4.83 Å². The first-order valence-electron chi connectivity index (χ1n) is 5.75. The fraction of sp³-hybridized carbons (Fsp3) is 0.667. The monoisotopic (exact) mass is 428 g/mol. The van der Waals surface area contributed by atoms with Gasteiger partial charge in [0, 0.05) is 4.83 Å². The third-order valence-electron chi connectivity index (χ3n) is 3.29. The van der Waals surface area contributed by atoms with Gasteiger partial charge >= 0.3 is 0 Å². The SMILES string of the molecule is Brc1cc(C(Br)CC2CCCCC2)c(Br)s1. The molecule has 0 radical (unpaired) electrons. The summed E-state index contributed by atoms with van der Waals surface area (Å²) in [5, 5.41) is 0. The van der Waals surface area contributed by atoms with Gasteiger partial charge in [0.15, 0.2) is 0 Å². The molecule has 1 aromatic heterocycles. The first-order valence-corrected chi connectivity index (χ1v) is 9.07. The minimum atomic E-state index is 0.507. The van der Waals surface area contributed by atoms with Crippen LogP contribution in [0.3, 0.4) is 0 Å². The fourth-order valence-corrected chi connectivity index (χ4v) is 6.73. The molecule has 4 heteroatoms. The molecule has 0 spiro atoms. The predicted octanol–water partition coefficient (Wildman–Crippen LogP) is 6.68. The van der Waals surface area contributed by atoms with Gasteiger partial charge in [0.25, 0.3) is 0 Å². The van der Waals surface area contributed by atoms with Gasteiger partial charge in [-0.1, -0.05) is 48.0 Å². The Morgan fingerprint density at radius 2 is 1.94 bits per heavy atom. The lowest BCUT2D eigenvalue weighted by Crippen LogP contribution is -2.08. The van der Waals surface area contributed by atoms with E-state index in [9.17, 15) is 0 Å². The number of hydrogen-bond donors (Lipinski definition) is 0. The standard InChI is InChI=1S/C12H15Br3S/c13-10(6-8-4-2-1-3-5-8)9-7-11(14)16-12(9)15/h7-8,10H,1-6H2. The molecule has 0 bridgehead atoms. The summed E-state index contributed by atoms with van der Waals surface area (Å²) < 4.78 is 2.47. The fourth-order valence-electron chi connectivity index (χ4n) is 2.41. The van der Waals surface area contributed by atoms with E-state index in [4.69, 9.17) is 0 Å². The van der Waals surface area contributed by atoms with E-state index in [2.05, 4.69) is 53.9 Å². The number of alkyl halides is 1. The topological polar surface area (TPSA) is 0 Å². The molecule has 90 valence electrons. The lowest BCUT2D eigenvalue weighted by molar-refractivity contribution is 0.338. The summed E-state index contributed by atoms with van der Waals surface area (Å²) in [6.45, 7) is 0. The van der Waals surface area contributed by atoms with Crippen molar-refractivity contribution in [3.05, 3.63) is 19.2 Å². The molecule has 0 N–H and O–H groups in total. The molecule has 0 saturated heterocycles. The van der Waals surface area contributed by atoms with Crippen LogP contribution in [0, 0.1) is 5.92 Å². The summed E-state index contributed by atoms with van der Waals surface area (Å²) >= 11 is 12.8. The Labute approximate surface area is 127 Å². The van der Waals surface area contributed by atoms with Crippen LogP contribution < -0.4 is 0 Å². The molecule has 1 aliphatic carbocycles. The Balaban J connectivity index is 1.96. The quantitative estimate of drug-likeness (QED) is 0.469. The molecule has 0 aromatic carbocycles. The van der Waals surface area contributed by atoms with Crippen molar-refractivity contribution in [1.29, 1.82) is 0 Å². The van der Waals surface area contributed by atoms with E-state index in [1.165, 1.54) is 51.7 Å². The Morgan fingerprint density at radius 1 is 1.25 bits per heavy atom. The van der Waals surface area contributed by atoms with Crippen LogP contribution in [0.5, 0.6) is 0 Å². The first kappa shape index (κ1) is 13.6. The minimum absolute atomic E-state index is 0.507. The maximum Gasteiger partial charge on any atom is 0.0753 e. The highest BCUT2D eigenvalue weighted by Gasteiger charge is 2.20. The van der Waals surface area contributed by atoms with E-state index in [0.717, 1.165) is 5.92 Å². The van der Waals surface area contributed by atoms with Gasteiger partial charge in [-0.3, -0.25) is 0 Å². The molecular weight excluding hydrogens is 416 g/mol. The average molecular weight is 431 g/mol. The second-order valence-corrected chi connectivity index (χ2v) is 9.34. The lowest BCUT2D eigenvalue weighted by atomic mass is 9.85. The van der Waals surface area contributed by atoms with Crippen LogP contribution in [-0.2, 0) is 0 Å². The van der Waals surface area contributed by atoms with E-state index >= 15 is 0 Å². The van der Waals surface area contributed by atoms with Crippen molar-refractivity contribution in [2.24, 2.45) is 5.92 Å². The zero-order valence-electron chi connectivity index (χ0n) is 9.02. The van der Waals surface area contributed by atoms with Crippen LogP contribution in [0.4, 0.5) is 0 Å². The molecule has 0 aliphatic heterocycles. The normalized spacial score (nSPS) is 19.9. The number of rotatable bonds is 3. The summed E-state index contributed by atoms with van der Waals surface area (Å²) in [6.07, 6.45) is 8.42. The van der Waals surface area contributed by atoms with Gasteiger partial charge < -0.3 is 0 Å². The largest absolute Gasteiger partial charge is 0.121 e. The highest BCUT2D eigenvalue weighted by Crippen LogP contribution is 2.43. The van der Waals surface area contributed by atoms with Gasteiger partial charge in [0.05, 0.1) is 7.57 Å². The van der Waals surface area contributed by atoms with Gasteiger partial charge in [0.1, 0.15) is 0 Å². The van der Waals surface area contributed by atoms with E-state index in [1.807, 2.05) is 0 Å². The van der Waals surface area contributed by atoms with Gasteiger partial charge in [-0.05, 0) is 55.8 Å². The third-order valence-corrected chi connectivity index (χ3v) is 6.54. The molecule has 2 rings (SSSR count). The highest BCUT2D eigenvalue weighted by molar-refractivity contribution is 9.12. The molecule has 0 amide bonds. The first-order chi connectivity index (χ1) is 7.66. The maximum absolute atomic E-state index is 3.84. The molecule has 1 heterocycles. The molecule has 1 atom stereocenters.